The van der Waals surface area contributed by atoms with Crippen molar-refractivity contribution < 1.29 is 9.84 Å². The van der Waals surface area contributed by atoms with Crippen LogP contribution in [0.3, 0.4) is 0 Å². The van der Waals surface area contributed by atoms with Gasteiger partial charge in [-0.05, 0) is 30.4 Å². The topological polar surface area (TPSA) is 34.4 Å². The van der Waals surface area contributed by atoms with Crippen LogP contribution in [-0.4, -0.2) is 22.9 Å². The molecule has 0 aliphatic rings. The van der Waals surface area contributed by atoms with Gasteiger partial charge in [0.15, 0.2) is 0 Å². The molecule has 0 amide bonds. The molecule has 18 heavy (non-hydrogen) atoms. The number of aliphatic hydroxyl groups is 1. The third-order valence-corrected chi connectivity index (χ3v) is 3.05. The fraction of sp³-hybridized carbons (Fsp3) is 0.733. The molecule has 3 nitrogen and oxygen atoms in total. The molecule has 0 fully saturated rings. The Labute approximate surface area is 111 Å². The van der Waals surface area contributed by atoms with E-state index in [2.05, 4.69) is 25.3 Å². The summed E-state index contributed by atoms with van der Waals surface area (Å²) in [5.74, 6) is 0.701. The van der Waals surface area contributed by atoms with Gasteiger partial charge in [0.05, 0.1) is 12.7 Å². The van der Waals surface area contributed by atoms with Gasteiger partial charge in [0.2, 0.25) is 0 Å². The zero-order valence-corrected chi connectivity index (χ0v) is 11.9. The molecule has 0 aliphatic carbocycles. The number of ether oxygens (including phenoxy) is 1. The van der Waals surface area contributed by atoms with Crippen molar-refractivity contribution in [3.8, 4) is 0 Å². The van der Waals surface area contributed by atoms with Crippen LogP contribution in [0.25, 0.3) is 0 Å². The minimum atomic E-state index is -0.321. The largest absolute Gasteiger partial charge is 0.388 e. The predicted molar refractivity (Wildman–Crippen MR) is 74.6 cm³/mol. The molecule has 0 aliphatic heterocycles. The van der Waals surface area contributed by atoms with Crippen LogP contribution in [-0.2, 0) is 11.3 Å². The van der Waals surface area contributed by atoms with E-state index in [1.807, 2.05) is 18.5 Å². The average molecular weight is 253 g/mol. The molecule has 1 unspecified atom stereocenters. The first-order valence-corrected chi connectivity index (χ1v) is 7.05. The molecule has 1 heterocycles. The van der Waals surface area contributed by atoms with E-state index in [0.29, 0.717) is 5.92 Å². The van der Waals surface area contributed by atoms with E-state index in [-0.39, 0.29) is 6.10 Å². The fourth-order valence-electron chi connectivity index (χ4n) is 1.83. The van der Waals surface area contributed by atoms with Crippen LogP contribution in [0.15, 0.2) is 18.5 Å². The number of hydrogen-bond acceptors (Lipinski definition) is 2. The van der Waals surface area contributed by atoms with E-state index in [1.54, 1.807) is 0 Å². The predicted octanol–water partition coefficient (Wildman–Crippen LogP) is 3.38. The molecule has 3 heteroatoms. The molecule has 1 aromatic heterocycles. The Bertz CT molecular complexity index is 320. The van der Waals surface area contributed by atoms with Gasteiger partial charge in [-0.2, -0.15) is 0 Å². The van der Waals surface area contributed by atoms with Gasteiger partial charge in [0, 0.05) is 25.5 Å². The van der Waals surface area contributed by atoms with Crippen molar-refractivity contribution in [1.29, 1.82) is 0 Å². The molecule has 1 aromatic rings. The van der Waals surface area contributed by atoms with Gasteiger partial charge >= 0.3 is 0 Å². The van der Waals surface area contributed by atoms with Crippen molar-refractivity contribution in [2.24, 2.45) is 5.92 Å². The number of hydrogen-bond donors (Lipinski definition) is 1. The van der Waals surface area contributed by atoms with Crippen LogP contribution in [0.5, 0.6) is 0 Å². The average Bonchev–Trinajstić information content (AvgIpc) is 2.77. The summed E-state index contributed by atoms with van der Waals surface area (Å²) in [6.07, 6.45) is 6.66. The maximum absolute atomic E-state index is 9.86. The molecule has 104 valence electrons. The van der Waals surface area contributed by atoms with Crippen molar-refractivity contribution in [2.45, 2.75) is 52.7 Å². The number of nitrogens with zero attached hydrogens (tertiary/aromatic N) is 1. The van der Waals surface area contributed by atoms with E-state index in [9.17, 15) is 5.11 Å². The molecule has 0 aromatic carbocycles. The van der Waals surface area contributed by atoms with Crippen molar-refractivity contribution in [1.82, 2.24) is 4.57 Å². The summed E-state index contributed by atoms with van der Waals surface area (Å²) >= 11 is 0. The van der Waals surface area contributed by atoms with Crippen molar-refractivity contribution in [3.05, 3.63) is 24.0 Å². The van der Waals surface area contributed by atoms with Crippen molar-refractivity contribution >= 4 is 0 Å². The van der Waals surface area contributed by atoms with Crippen molar-refractivity contribution in [3.63, 3.8) is 0 Å². The van der Waals surface area contributed by atoms with E-state index in [0.717, 1.165) is 44.6 Å². The van der Waals surface area contributed by atoms with Gasteiger partial charge in [-0.3, -0.25) is 0 Å². The monoisotopic (exact) mass is 253 g/mol. The minimum Gasteiger partial charge on any atom is -0.388 e. The van der Waals surface area contributed by atoms with E-state index in [4.69, 9.17) is 4.74 Å². The first-order valence-electron chi connectivity index (χ1n) is 7.05. The Hall–Kier alpha value is -0.800. The lowest BCUT2D eigenvalue weighted by Crippen LogP contribution is -2.06. The Morgan fingerprint density at radius 3 is 2.72 bits per heavy atom. The maximum Gasteiger partial charge on any atom is 0.0804 e. The smallest absolute Gasteiger partial charge is 0.0804 e. The second kappa shape index (κ2) is 8.33. The van der Waals surface area contributed by atoms with Crippen LogP contribution in [0.1, 0.15) is 51.7 Å². The van der Waals surface area contributed by atoms with Crippen LogP contribution in [0, 0.1) is 5.92 Å². The molecule has 1 atom stereocenters. The highest BCUT2D eigenvalue weighted by Crippen LogP contribution is 2.18. The SMILES string of the molecule is CCCC(O)c1ccn(CCOCCC(C)C)c1. The third kappa shape index (κ3) is 5.69. The normalized spacial score (nSPS) is 13.2. The highest BCUT2D eigenvalue weighted by atomic mass is 16.5. The maximum atomic E-state index is 9.86. The molecule has 0 radical (unpaired) electrons. The number of aliphatic hydroxyl groups excluding tert-OH is 1. The summed E-state index contributed by atoms with van der Waals surface area (Å²) in [6, 6.07) is 1.99. The van der Waals surface area contributed by atoms with E-state index >= 15 is 0 Å². The van der Waals surface area contributed by atoms with Crippen LogP contribution in [0.4, 0.5) is 0 Å². The summed E-state index contributed by atoms with van der Waals surface area (Å²) in [6.45, 7) is 8.93. The number of rotatable bonds is 9. The summed E-state index contributed by atoms with van der Waals surface area (Å²) in [5, 5.41) is 9.86. The first-order chi connectivity index (χ1) is 8.63. The van der Waals surface area contributed by atoms with Gasteiger partial charge in [-0.25, -0.2) is 0 Å². The summed E-state index contributed by atoms with van der Waals surface area (Å²) in [4.78, 5) is 0. The molecule has 1 N–H and O–H groups in total. The summed E-state index contributed by atoms with van der Waals surface area (Å²) < 4.78 is 7.67. The Kier molecular flexibility index (Phi) is 7.06. The quantitative estimate of drug-likeness (QED) is 0.685. The lowest BCUT2D eigenvalue weighted by molar-refractivity contribution is 0.116. The van der Waals surface area contributed by atoms with Crippen LogP contribution >= 0.6 is 0 Å². The second-order valence-electron chi connectivity index (χ2n) is 5.28. The Morgan fingerprint density at radius 1 is 1.28 bits per heavy atom. The zero-order valence-electron chi connectivity index (χ0n) is 11.9. The van der Waals surface area contributed by atoms with Crippen LogP contribution < -0.4 is 0 Å². The number of aromatic nitrogens is 1. The van der Waals surface area contributed by atoms with Gasteiger partial charge in [-0.15, -0.1) is 0 Å². The van der Waals surface area contributed by atoms with Gasteiger partial charge in [-0.1, -0.05) is 27.2 Å². The summed E-state index contributed by atoms with van der Waals surface area (Å²) in [7, 11) is 0. The molecular formula is C15H27NO2. The van der Waals surface area contributed by atoms with Gasteiger partial charge in [0.1, 0.15) is 0 Å². The minimum absolute atomic E-state index is 0.321. The fourth-order valence-corrected chi connectivity index (χ4v) is 1.83. The second-order valence-corrected chi connectivity index (χ2v) is 5.28. The molecule has 0 saturated heterocycles. The standard InChI is InChI=1S/C15H27NO2/c1-4-5-15(17)14-6-8-16(12-14)9-11-18-10-7-13(2)3/h6,8,12-13,15,17H,4-5,7,9-11H2,1-3H3. The summed E-state index contributed by atoms with van der Waals surface area (Å²) in [5.41, 5.74) is 1.01. The van der Waals surface area contributed by atoms with Crippen LogP contribution in [0.2, 0.25) is 0 Å². The molecular weight excluding hydrogens is 226 g/mol. The van der Waals surface area contributed by atoms with E-state index < -0.39 is 0 Å². The highest BCUT2D eigenvalue weighted by molar-refractivity contribution is 5.13. The Morgan fingerprint density at radius 2 is 2.06 bits per heavy atom. The highest BCUT2D eigenvalue weighted by Gasteiger charge is 2.07. The molecule has 0 saturated carbocycles. The van der Waals surface area contributed by atoms with Gasteiger partial charge < -0.3 is 14.4 Å². The lowest BCUT2D eigenvalue weighted by atomic mass is 10.1. The zero-order chi connectivity index (χ0) is 13.4. The molecule has 1 rings (SSSR count). The Balaban J connectivity index is 2.23. The van der Waals surface area contributed by atoms with E-state index in [1.165, 1.54) is 0 Å². The lowest BCUT2D eigenvalue weighted by Gasteiger charge is -2.08. The molecule has 0 bridgehead atoms. The third-order valence-electron chi connectivity index (χ3n) is 3.05. The molecule has 0 spiro atoms. The van der Waals surface area contributed by atoms with Crippen molar-refractivity contribution in [2.75, 3.05) is 13.2 Å². The van der Waals surface area contributed by atoms with Gasteiger partial charge in [0.25, 0.3) is 0 Å². The first kappa shape index (κ1) is 15.3.